The largest absolute Gasteiger partial charge is 0.416 e. The van der Waals surface area contributed by atoms with Crippen molar-refractivity contribution >= 4 is 23.3 Å². The number of hydrogen-bond acceptors (Lipinski definition) is 5. The van der Waals surface area contributed by atoms with Crippen LogP contribution < -0.4 is 9.80 Å². The second-order valence-electron chi connectivity index (χ2n) is 12.6. The van der Waals surface area contributed by atoms with Crippen LogP contribution in [0.2, 0.25) is 0 Å². The van der Waals surface area contributed by atoms with Crippen LogP contribution in [-0.4, -0.2) is 67.1 Å². The summed E-state index contributed by atoms with van der Waals surface area (Å²) in [5.74, 6) is -1.36. The van der Waals surface area contributed by atoms with Crippen molar-refractivity contribution in [2.45, 2.75) is 51.0 Å². The molecule has 0 aliphatic carbocycles. The second kappa shape index (κ2) is 11.9. The predicted molar refractivity (Wildman–Crippen MR) is 160 cm³/mol. The molecule has 7 nitrogen and oxygen atoms in total. The average Bonchev–Trinajstić information content (AvgIpc) is 2.99. The van der Waals surface area contributed by atoms with Crippen molar-refractivity contribution in [1.29, 1.82) is 0 Å². The second-order valence-corrected chi connectivity index (χ2v) is 12.6. The number of likely N-dealkylation sites (N-methyl/N-ethyl adjacent to an activating group) is 1. The molecule has 0 bridgehead atoms. The highest BCUT2D eigenvalue weighted by Gasteiger charge is 2.48. The molecule has 0 spiro atoms. The number of aromatic nitrogens is 1. The molecule has 47 heavy (non-hydrogen) atoms. The van der Waals surface area contributed by atoms with Gasteiger partial charge in [-0.3, -0.25) is 19.4 Å². The van der Waals surface area contributed by atoms with Crippen LogP contribution in [0.5, 0.6) is 0 Å². The van der Waals surface area contributed by atoms with Gasteiger partial charge in [-0.15, -0.1) is 0 Å². The number of hydrogen-bond donors (Lipinski definition) is 0. The number of alkyl halides is 6. The molecular weight excluding hydrogens is 633 g/mol. The summed E-state index contributed by atoms with van der Waals surface area (Å²) in [5, 5.41) is 0. The third kappa shape index (κ3) is 6.32. The van der Waals surface area contributed by atoms with E-state index in [1.54, 1.807) is 19.9 Å². The van der Waals surface area contributed by atoms with Crippen LogP contribution in [0.15, 0.2) is 48.7 Å². The number of halogens is 7. The van der Waals surface area contributed by atoms with Crippen molar-refractivity contribution in [3.8, 4) is 11.1 Å². The Morgan fingerprint density at radius 1 is 0.915 bits per heavy atom. The van der Waals surface area contributed by atoms with Crippen LogP contribution >= 0.6 is 0 Å². The van der Waals surface area contributed by atoms with Gasteiger partial charge in [0.25, 0.3) is 5.91 Å². The first-order valence-corrected chi connectivity index (χ1v) is 14.7. The van der Waals surface area contributed by atoms with E-state index in [4.69, 9.17) is 4.74 Å². The summed E-state index contributed by atoms with van der Waals surface area (Å²) in [6.45, 7) is 8.01. The Bertz CT molecular complexity index is 1690. The molecule has 1 unspecified atom stereocenters. The molecule has 2 aliphatic rings. The molecule has 2 fully saturated rings. The molecule has 252 valence electrons. The van der Waals surface area contributed by atoms with E-state index in [9.17, 15) is 40.3 Å². The summed E-state index contributed by atoms with van der Waals surface area (Å²) in [6, 6.07) is 6.61. The molecule has 2 aromatic carbocycles. The lowest BCUT2D eigenvalue weighted by Gasteiger charge is -2.49. The maximum atomic E-state index is 14.1. The zero-order chi connectivity index (χ0) is 34.7. The molecule has 0 radical (unpaired) electrons. The average molecular weight is 667 g/mol. The van der Waals surface area contributed by atoms with E-state index in [1.165, 1.54) is 50.2 Å². The van der Waals surface area contributed by atoms with Crippen LogP contribution in [0.3, 0.4) is 0 Å². The Kier molecular flexibility index (Phi) is 8.67. The molecule has 5 rings (SSSR count). The maximum Gasteiger partial charge on any atom is 0.416 e. The number of pyridine rings is 1. The number of benzene rings is 2. The SMILES string of the molecule is Cc1cc(F)ccc1-c1cc(N2CCN3CCOCC3(C)C2=O)ncc1N(C)C(=O)C(C)(C)c1cc(C(F)(F)F)cc(C(F)(F)F)c1. The minimum absolute atomic E-state index is 0.00676. The highest BCUT2D eigenvalue weighted by molar-refractivity contribution is 6.05. The van der Waals surface area contributed by atoms with E-state index in [2.05, 4.69) is 4.98 Å². The van der Waals surface area contributed by atoms with E-state index in [0.717, 1.165) is 4.90 Å². The predicted octanol–water partition coefficient (Wildman–Crippen LogP) is 6.61. The number of amides is 2. The monoisotopic (exact) mass is 666 g/mol. The molecule has 2 aliphatic heterocycles. The number of piperazine rings is 1. The smallest absolute Gasteiger partial charge is 0.378 e. The highest BCUT2D eigenvalue weighted by Crippen LogP contribution is 2.42. The van der Waals surface area contributed by atoms with Crippen molar-refractivity contribution < 1.29 is 45.1 Å². The zero-order valence-corrected chi connectivity index (χ0v) is 26.3. The quantitative estimate of drug-likeness (QED) is 0.287. The molecule has 3 heterocycles. The number of rotatable bonds is 5. The Balaban J connectivity index is 1.59. The van der Waals surface area contributed by atoms with Gasteiger partial charge in [0.15, 0.2) is 0 Å². The van der Waals surface area contributed by atoms with Gasteiger partial charge in [-0.05, 0) is 80.8 Å². The fourth-order valence-electron chi connectivity index (χ4n) is 6.14. The van der Waals surface area contributed by atoms with E-state index < -0.39 is 51.7 Å². The first-order chi connectivity index (χ1) is 21.7. The summed E-state index contributed by atoms with van der Waals surface area (Å²) in [6.07, 6.45) is -8.89. The third-order valence-corrected chi connectivity index (χ3v) is 9.02. The van der Waals surface area contributed by atoms with E-state index >= 15 is 0 Å². The van der Waals surface area contributed by atoms with Crippen molar-refractivity contribution in [1.82, 2.24) is 9.88 Å². The maximum absolute atomic E-state index is 14.1. The van der Waals surface area contributed by atoms with Crippen molar-refractivity contribution in [3.63, 3.8) is 0 Å². The molecule has 1 atom stereocenters. The highest BCUT2D eigenvalue weighted by atomic mass is 19.4. The number of morpholine rings is 1. The summed E-state index contributed by atoms with van der Waals surface area (Å²) >= 11 is 0. The number of nitrogens with zero attached hydrogens (tertiary/aromatic N) is 4. The van der Waals surface area contributed by atoms with Crippen LogP contribution in [0, 0.1) is 12.7 Å². The molecule has 0 saturated carbocycles. The molecule has 14 heteroatoms. The Morgan fingerprint density at radius 3 is 2.13 bits per heavy atom. The Hall–Kier alpha value is -4.04. The lowest BCUT2D eigenvalue weighted by molar-refractivity contribution is -0.145. The normalized spacial score (nSPS) is 19.5. The van der Waals surface area contributed by atoms with Gasteiger partial charge in [0.05, 0.1) is 41.6 Å². The van der Waals surface area contributed by atoms with Gasteiger partial charge in [0.2, 0.25) is 5.91 Å². The fraction of sp³-hybridized carbons (Fsp3) is 0.424. The standard InChI is InChI=1S/C33H33F7N4O3/c1-19-12-23(34)6-7-24(19)25-16-27(44-9-8-43-10-11-47-18-31(43,4)29(44)46)41-17-26(25)42(5)28(45)30(2,3)20-13-21(32(35,36)37)15-22(14-20)33(38,39)40/h6-7,12-17H,8-11,18H2,1-5H3. The van der Waals surface area contributed by atoms with Gasteiger partial charge < -0.3 is 9.64 Å². The first kappa shape index (κ1) is 34.3. The van der Waals surface area contributed by atoms with E-state index in [0.29, 0.717) is 55.1 Å². The van der Waals surface area contributed by atoms with E-state index in [-0.39, 0.29) is 30.1 Å². The minimum atomic E-state index is -5.10. The summed E-state index contributed by atoms with van der Waals surface area (Å²) in [5.41, 5.74) is -4.96. The summed E-state index contributed by atoms with van der Waals surface area (Å²) in [7, 11) is 1.33. The number of carbonyl (C=O) groups is 2. The zero-order valence-electron chi connectivity index (χ0n) is 26.3. The number of aryl methyl sites for hydroxylation is 1. The van der Waals surface area contributed by atoms with E-state index in [1.807, 2.05) is 4.90 Å². The molecular formula is C33H33F7N4O3. The number of carbonyl (C=O) groups excluding carboxylic acids is 2. The van der Waals surface area contributed by atoms with Crippen LogP contribution in [0.4, 0.5) is 42.2 Å². The summed E-state index contributed by atoms with van der Waals surface area (Å²) < 4.78 is 102. The lowest BCUT2D eigenvalue weighted by Crippen LogP contribution is -2.69. The molecule has 2 amide bonds. The van der Waals surface area contributed by atoms with Gasteiger partial charge in [0, 0.05) is 32.2 Å². The van der Waals surface area contributed by atoms with Crippen LogP contribution in [0.25, 0.3) is 11.1 Å². The number of fused-ring (bicyclic) bond motifs is 1. The number of ether oxygens (including phenoxy) is 1. The number of anilines is 2. The van der Waals surface area contributed by atoms with Gasteiger partial charge >= 0.3 is 12.4 Å². The van der Waals surface area contributed by atoms with Gasteiger partial charge in [-0.25, -0.2) is 9.37 Å². The Morgan fingerprint density at radius 2 is 1.53 bits per heavy atom. The van der Waals surface area contributed by atoms with Crippen LogP contribution in [-0.2, 0) is 32.1 Å². The van der Waals surface area contributed by atoms with Crippen LogP contribution in [0.1, 0.15) is 43.0 Å². The molecule has 0 N–H and O–H groups in total. The van der Waals surface area contributed by atoms with Crippen molar-refractivity contribution in [3.05, 3.63) is 76.7 Å². The van der Waals surface area contributed by atoms with Crippen molar-refractivity contribution in [2.75, 3.05) is 49.7 Å². The van der Waals surface area contributed by atoms with Gasteiger partial charge in [-0.1, -0.05) is 6.07 Å². The third-order valence-electron chi connectivity index (χ3n) is 9.02. The topological polar surface area (TPSA) is 66.0 Å². The lowest BCUT2D eigenvalue weighted by atomic mass is 9.81. The molecule has 3 aromatic rings. The molecule has 1 aromatic heterocycles. The summed E-state index contributed by atoms with van der Waals surface area (Å²) in [4.78, 5) is 36.9. The van der Waals surface area contributed by atoms with Gasteiger partial charge in [0.1, 0.15) is 17.2 Å². The van der Waals surface area contributed by atoms with Gasteiger partial charge in [-0.2, -0.15) is 26.3 Å². The minimum Gasteiger partial charge on any atom is -0.378 e. The fourth-order valence-corrected chi connectivity index (χ4v) is 6.14. The van der Waals surface area contributed by atoms with Crippen molar-refractivity contribution in [2.24, 2.45) is 0 Å². The molecule has 2 saturated heterocycles. The Labute approximate surface area is 266 Å². The first-order valence-electron chi connectivity index (χ1n) is 14.7.